The summed E-state index contributed by atoms with van der Waals surface area (Å²) in [5.41, 5.74) is 2.92. The highest BCUT2D eigenvalue weighted by Crippen LogP contribution is 2.33. The van der Waals surface area contributed by atoms with Crippen LogP contribution in [0.1, 0.15) is 30.7 Å². The number of nitrogens with zero attached hydrogens (tertiary/aromatic N) is 3. The maximum absolute atomic E-state index is 13.3. The van der Waals surface area contributed by atoms with Crippen LogP contribution in [0.3, 0.4) is 0 Å². The Balaban J connectivity index is 1.84. The first-order valence-electron chi connectivity index (χ1n) is 10.5. The van der Waals surface area contributed by atoms with Crippen LogP contribution in [0.4, 0.5) is 0 Å². The summed E-state index contributed by atoms with van der Waals surface area (Å²) in [7, 11) is 1.61. The molecule has 0 saturated heterocycles. The fraction of sp³-hybridized carbons (Fsp3) is 0.192. The molecule has 0 unspecified atom stereocenters. The Labute approximate surface area is 196 Å². The molecular weight excluding hydrogens is 434 g/mol. The van der Waals surface area contributed by atoms with E-state index in [0.717, 1.165) is 5.56 Å². The van der Waals surface area contributed by atoms with E-state index in [4.69, 9.17) is 19.7 Å². The maximum Gasteiger partial charge on any atom is 0.266 e. The molecule has 33 heavy (non-hydrogen) atoms. The number of benzene rings is 2. The van der Waals surface area contributed by atoms with Crippen LogP contribution in [-0.2, 0) is 0 Å². The molecule has 0 N–H and O–H groups in total. The fourth-order valence-corrected chi connectivity index (χ4v) is 4.11. The van der Waals surface area contributed by atoms with Gasteiger partial charge in [-0.2, -0.15) is 5.26 Å². The number of hydrogen-bond donors (Lipinski definition) is 0. The molecule has 2 aromatic carbocycles. The SMILES string of the molecule is COc1cccc(/C=C/c2nc3sccn3c(=O)c2-c2ccc(C#N)cc2)c1OCC(C)C. The van der Waals surface area contributed by atoms with Crippen LogP contribution in [0.25, 0.3) is 28.2 Å². The van der Waals surface area contributed by atoms with Crippen LogP contribution in [0.5, 0.6) is 11.5 Å². The lowest BCUT2D eigenvalue weighted by Gasteiger charge is -2.15. The molecule has 6 nitrogen and oxygen atoms in total. The molecule has 0 radical (unpaired) electrons. The third-order valence-corrected chi connectivity index (χ3v) is 5.76. The van der Waals surface area contributed by atoms with Crippen LogP contribution in [0.2, 0.25) is 0 Å². The Morgan fingerprint density at radius 3 is 2.67 bits per heavy atom. The Morgan fingerprint density at radius 2 is 1.97 bits per heavy atom. The van der Waals surface area contributed by atoms with E-state index in [1.807, 2.05) is 35.7 Å². The summed E-state index contributed by atoms with van der Waals surface area (Å²) in [4.78, 5) is 18.7. The average Bonchev–Trinajstić information content (AvgIpc) is 3.30. The summed E-state index contributed by atoms with van der Waals surface area (Å²) >= 11 is 1.40. The monoisotopic (exact) mass is 457 g/mol. The van der Waals surface area contributed by atoms with Gasteiger partial charge in [-0.15, -0.1) is 11.3 Å². The van der Waals surface area contributed by atoms with Crippen molar-refractivity contribution in [3.8, 4) is 28.7 Å². The smallest absolute Gasteiger partial charge is 0.266 e. The summed E-state index contributed by atoms with van der Waals surface area (Å²) < 4.78 is 13.1. The van der Waals surface area contributed by atoms with Gasteiger partial charge in [0.2, 0.25) is 0 Å². The molecule has 4 aromatic rings. The number of thiazole rings is 1. The van der Waals surface area contributed by atoms with Crippen LogP contribution in [0, 0.1) is 17.2 Å². The Hall–Kier alpha value is -3.89. The van der Waals surface area contributed by atoms with Crippen molar-refractivity contribution >= 4 is 28.4 Å². The van der Waals surface area contributed by atoms with Gasteiger partial charge in [0, 0.05) is 17.1 Å². The topological polar surface area (TPSA) is 76.6 Å². The molecule has 166 valence electrons. The zero-order chi connectivity index (χ0) is 23.4. The number of ether oxygens (including phenoxy) is 2. The number of hydrogen-bond acceptors (Lipinski definition) is 6. The van der Waals surface area contributed by atoms with Gasteiger partial charge in [0.1, 0.15) is 0 Å². The number of methoxy groups -OCH3 is 1. The molecule has 0 aliphatic rings. The zero-order valence-corrected chi connectivity index (χ0v) is 19.4. The van der Waals surface area contributed by atoms with Gasteiger partial charge in [-0.1, -0.05) is 38.1 Å². The summed E-state index contributed by atoms with van der Waals surface area (Å²) in [5, 5.41) is 11.0. The Kier molecular flexibility index (Phi) is 6.57. The first-order chi connectivity index (χ1) is 16.0. The standard InChI is InChI=1S/C26H23N3O3S/c1-17(2)16-32-24-20(5-4-6-22(24)31-3)11-12-21-23(19-9-7-18(15-27)8-10-19)25(30)29-13-14-33-26(29)28-21/h4-14,17H,16H2,1-3H3/b12-11+. The van der Waals surface area contributed by atoms with Crippen LogP contribution in [-0.4, -0.2) is 23.1 Å². The zero-order valence-electron chi connectivity index (χ0n) is 18.6. The predicted octanol–water partition coefficient (Wildman–Crippen LogP) is 5.51. The lowest BCUT2D eigenvalue weighted by Crippen LogP contribution is -2.17. The number of nitriles is 1. The second-order valence-corrected chi connectivity index (χ2v) is 8.71. The number of fused-ring (bicyclic) bond motifs is 1. The van der Waals surface area contributed by atoms with Gasteiger partial charge < -0.3 is 9.47 Å². The third-order valence-electron chi connectivity index (χ3n) is 5.01. The molecule has 0 aliphatic heterocycles. The van der Waals surface area contributed by atoms with Crippen molar-refractivity contribution in [1.29, 1.82) is 5.26 Å². The van der Waals surface area contributed by atoms with E-state index >= 15 is 0 Å². The van der Waals surface area contributed by atoms with E-state index < -0.39 is 0 Å². The van der Waals surface area contributed by atoms with Gasteiger partial charge in [0.15, 0.2) is 16.5 Å². The van der Waals surface area contributed by atoms with E-state index in [1.54, 1.807) is 37.6 Å². The second-order valence-electron chi connectivity index (χ2n) is 7.84. The van der Waals surface area contributed by atoms with Gasteiger partial charge in [-0.05, 0) is 41.8 Å². The van der Waals surface area contributed by atoms with E-state index in [-0.39, 0.29) is 5.56 Å². The van der Waals surface area contributed by atoms with Crippen molar-refractivity contribution in [2.75, 3.05) is 13.7 Å². The first kappa shape index (κ1) is 22.3. The minimum absolute atomic E-state index is 0.160. The molecule has 4 rings (SSSR count). The van der Waals surface area contributed by atoms with Crippen LogP contribution < -0.4 is 15.0 Å². The second kappa shape index (κ2) is 9.72. The van der Waals surface area contributed by atoms with E-state index in [9.17, 15) is 4.79 Å². The number of aromatic nitrogens is 2. The maximum atomic E-state index is 13.3. The fourth-order valence-electron chi connectivity index (χ4n) is 3.40. The van der Waals surface area contributed by atoms with Crippen molar-refractivity contribution in [2.24, 2.45) is 5.92 Å². The van der Waals surface area contributed by atoms with E-state index in [0.29, 0.717) is 51.4 Å². The van der Waals surface area contributed by atoms with Crippen molar-refractivity contribution in [2.45, 2.75) is 13.8 Å². The minimum atomic E-state index is -0.160. The van der Waals surface area contributed by atoms with Crippen molar-refractivity contribution < 1.29 is 9.47 Å². The van der Waals surface area contributed by atoms with Crippen LogP contribution >= 0.6 is 11.3 Å². The predicted molar refractivity (Wildman–Crippen MR) is 132 cm³/mol. The molecule has 2 heterocycles. The molecule has 0 amide bonds. The highest BCUT2D eigenvalue weighted by Gasteiger charge is 2.15. The molecule has 2 aromatic heterocycles. The van der Waals surface area contributed by atoms with Crippen LogP contribution in [0.15, 0.2) is 58.8 Å². The third kappa shape index (κ3) is 4.66. The van der Waals surface area contributed by atoms with Crippen molar-refractivity contribution in [1.82, 2.24) is 9.38 Å². The first-order valence-corrected chi connectivity index (χ1v) is 11.4. The number of para-hydroxylation sites is 1. The Morgan fingerprint density at radius 1 is 1.18 bits per heavy atom. The molecule has 0 spiro atoms. The van der Waals surface area contributed by atoms with Crippen molar-refractivity contribution in [3.63, 3.8) is 0 Å². The van der Waals surface area contributed by atoms with E-state index in [1.165, 1.54) is 15.7 Å². The highest BCUT2D eigenvalue weighted by molar-refractivity contribution is 7.15. The van der Waals surface area contributed by atoms with Gasteiger partial charge in [-0.3, -0.25) is 9.20 Å². The Bertz CT molecular complexity index is 1410. The van der Waals surface area contributed by atoms with Gasteiger partial charge >= 0.3 is 0 Å². The lowest BCUT2D eigenvalue weighted by atomic mass is 10.0. The quantitative estimate of drug-likeness (QED) is 0.366. The molecule has 0 aliphatic carbocycles. The molecular formula is C26H23N3O3S. The highest BCUT2D eigenvalue weighted by atomic mass is 32.1. The molecule has 0 bridgehead atoms. The van der Waals surface area contributed by atoms with Gasteiger partial charge in [-0.25, -0.2) is 4.98 Å². The minimum Gasteiger partial charge on any atom is -0.493 e. The molecule has 0 atom stereocenters. The van der Waals surface area contributed by atoms with Gasteiger partial charge in [0.25, 0.3) is 5.56 Å². The summed E-state index contributed by atoms with van der Waals surface area (Å²) in [6.07, 6.45) is 5.43. The number of rotatable bonds is 7. The summed E-state index contributed by atoms with van der Waals surface area (Å²) in [6.45, 7) is 4.73. The summed E-state index contributed by atoms with van der Waals surface area (Å²) in [6, 6.07) is 14.7. The molecule has 0 fully saturated rings. The van der Waals surface area contributed by atoms with Crippen molar-refractivity contribution in [3.05, 3.63) is 81.2 Å². The normalized spacial score (nSPS) is 11.2. The van der Waals surface area contributed by atoms with E-state index in [2.05, 4.69) is 19.9 Å². The summed E-state index contributed by atoms with van der Waals surface area (Å²) in [5.74, 6) is 1.66. The molecule has 7 heteroatoms. The van der Waals surface area contributed by atoms with Gasteiger partial charge in [0.05, 0.1) is 36.6 Å². The lowest BCUT2D eigenvalue weighted by molar-refractivity contribution is 0.256. The average molecular weight is 458 g/mol. The largest absolute Gasteiger partial charge is 0.493 e. The molecule has 0 saturated carbocycles.